The molecule has 0 atom stereocenters. The van der Waals surface area contributed by atoms with E-state index in [1.54, 1.807) is 13.1 Å². The van der Waals surface area contributed by atoms with Gasteiger partial charge in [0.1, 0.15) is 0 Å². The Hall–Kier alpha value is -1.30. The van der Waals surface area contributed by atoms with Crippen LogP contribution in [0.25, 0.3) is 0 Å². The van der Waals surface area contributed by atoms with Crippen LogP contribution in [0.2, 0.25) is 0 Å². The summed E-state index contributed by atoms with van der Waals surface area (Å²) in [6.07, 6.45) is 0.343. The smallest absolute Gasteiger partial charge is 0.422 e. The maximum absolute atomic E-state index is 12.2. The van der Waals surface area contributed by atoms with Crippen LogP contribution in [0.4, 0.5) is 13.2 Å². The number of nitrogens with one attached hydrogen (secondary N) is 2. The van der Waals surface area contributed by atoms with Crippen molar-refractivity contribution in [3.8, 4) is 5.88 Å². The summed E-state index contributed by atoms with van der Waals surface area (Å²) in [7, 11) is 1.70. The first-order valence-electron chi connectivity index (χ1n) is 9.23. The Morgan fingerprint density at radius 1 is 1.36 bits per heavy atom. The number of alkyl halides is 3. The molecule has 2 heterocycles. The van der Waals surface area contributed by atoms with Gasteiger partial charge in [-0.05, 0) is 37.4 Å². The van der Waals surface area contributed by atoms with E-state index in [9.17, 15) is 13.2 Å². The van der Waals surface area contributed by atoms with E-state index >= 15 is 0 Å². The van der Waals surface area contributed by atoms with Crippen molar-refractivity contribution in [3.63, 3.8) is 0 Å². The molecule has 6 nitrogen and oxygen atoms in total. The van der Waals surface area contributed by atoms with Crippen LogP contribution in [0, 0.1) is 0 Å². The maximum Gasteiger partial charge on any atom is 0.422 e. The maximum atomic E-state index is 12.2. The Labute approximate surface area is 181 Å². The molecule has 1 aromatic heterocycles. The molecule has 0 radical (unpaired) electrons. The van der Waals surface area contributed by atoms with Crippen LogP contribution in [0.3, 0.4) is 0 Å². The summed E-state index contributed by atoms with van der Waals surface area (Å²) in [6, 6.07) is 3.59. The number of hydrogen-bond donors (Lipinski definition) is 2. The number of nitrogens with zero attached hydrogens (tertiary/aromatic N) is 3. The number of likely N-dealkylation sites (tertiary alicyclic amines) is 1. The molecule has 1 aliphatic rings. The van der Waals surface area contributed by atoms with E-state index in [1.807, 2.05) is 0 Å². The van der Waals surface area contributed by atoms with Crippen LogP contribution in [-0.2, 0) is 6.54 Å². The Bertz CT molecular complexity index is 607. The fourth-order valence-corrected chi connectivity index (χ4v) is 2.99. The van der Waals surface area contributed by atoms with Crippen LogP contribution < -0.4 is 15.4 Å². The first-order valence-corrected chi connectivity index (χ1v) is 9.23. The van der Waals surface area contributed by atoms with Gasteiger partial charge in [-0.25, -0.2) is 4.98 Å². The Morgan fingerprint density at radius 2 is 2.07 bits per heavy atom. The van der Waals surface area contributed by atoms with Gasteiger partial charge in [0.05, 0.1) is 0 Å². The molecule has 0 aromatic carbocycles. The Balaban J connectivity index is 0.00000392. The zero-order valence-electron chi connectivity index (χ0n) is 16.3. The second-order valence-corrected chi connectivity index (χ2v) is 6.59. The summed E-state index contributed by atoms with van der Waals surface area (Å²) in [6.45, 7) is 4.55. The highest BCUT2D eigenvalue weighted by atomic mass is 127. The molecule has 0 spiro atoms. The van der Waals surface area contributed by atoms with Crippen molar-refractivity contribution in [2.45, 2.75) is 44.9 Å². The fourth-order valence-electron chi connectivity index (χ4n) is 2.99. The highest BCUT2D eigenvalue weighted by Gasteiger charge is 2.28. The van der Waals surface area contributed by atoms with Gasteiger partial charge < -0.3 is 20.3 Å². The molecule has 160 valence electrons. The van der Waals surface area contributed by atoms with Crippen molar-refractivity contribution in [1.82, 2.24) is 20.5 Å². The van der Waals surface area contributed by atoms with Gasteiger partial charge in [-0.1, -0.05) is 6.92 Å². The third-order valence-corrected chi connectivity index (χ3v) is 4.33. The predicted molar refractivity (Wildman–Crippen MR) is 114 cm³/mol. The molecule has 0 aliphatic carbocycles. The van der Waals surface area contributed by atoms with Crippen LogP contribution in [0.1, 0.15) is 31.7 Å². The number of piperidine rings is 1. The average molecular weight is 515 g/mol. The lowest BCUT2D eigenvalue weighted by atomic mass is 10.1. The molecular weight excluding hydrogens is 486 g/mol. The molecule has 10 heteroatoms. The van der Waals surface area contributed by atoms with E-state index in [4.69, 9.17) is 0 Å². The van der Waals surface area contributed by atoms with Crippen molar-refractivity contribution < 1.29 is 17.9 Å². The third-order valence-electron chi connectivity index (χ3n) is 4.33. The number of hydrogen-bond acceptors (Lipinski definition) is 4. The lowest BCUT2D eigenvalue weighted by Crippen LogP contribution is -2.48. The van der Waals surface area contributed by atoms with E-state index in [1.165, 1.54) is 18.7 Å². The highest BCUT2D eigenvalue weighted by Crippen LogP contribution is 2.17. The lowest BCUT2D eigenvalue weighted by Gasteiger charge is -2.32. The van der Waals surface area contributed by atoms with E-state index in [0.717, 1.165) is 38.0 Å². The molecule has 1 aromatic rings. The summed E-state index contributed by atoms with van der Waals surface area (Å²) < 4.78 is 41.4. The quantitative estimate of drug-likeness (QED) is 0.332. The molecule has 1 aliphatic heterocycles. The molecule has 0 saturated carbocycles. The summed E-state index contributed by atoms with van der Waals surface area (Å²) in [4.78, 5) is 10.5. The summed E-state index contributed by atoms with van der Waals surface area (Å²) in [5, 5.41) is 6.60. The zero-order chi connectivity index (χ0) is 19.7. The number of halogens is 4. The van der Waals surface area contributed by atoms with Crippen LogP contribution in [-0.4, -0.2) is 61.4 Å². The molecule has 0 bridgehead atoms. The van der Waals surface area contributed by atoms with Crippen molar-refractivity contribution in [1.29, 1.82) is 0 Å². The molecule has 2 N–H and O–H groups in total. The van der Waals surface area contributed by atoms with Gasteiger partial charge in [0.25, 0.3) is 0 Å². The fraction of sp³-hybridized carbons (Fsp3) is 0.667. The van der Waals surface area contributed by atoms with E-state index in [2.05, 4.69) is 37.2 Å². The van der Waals surface area contributed by atoms with E-state index < -0.39 is 12.8 Å². The van der Waals surface area contributed by atoms with Crippen LogP contribution in [0.15, 0.2) is 23.3 Å². The van der Waals surface area contributed by atoms with Gasteiger partial charge in [0.2, 0.25) is 5.88 Å². The monoisotopic (exact) mass is 515 g/mol. The number of guanidine groups is 1. The molecule has 1 saturated heterocycles. The third kappa shape index (κ3) is 9.26. The van der Waals surface area contributed by atoms with Gasteiger partial charge in [-0.3, -0.25) is 4.99 Å². The van der Waals surface area contributed by atoms with E-state index in [0.29, 0.717) is 18.5 Å². The predicted octanol–water partition coefficient (Wildman–Crippen LogP) is 3.18. The normalized spacial score (nSPS) is 16.4. The first-order chi connectivity index (χ1) is 12.9. The lowest BCUT2D eigenvalue weighted by molar-refractivity contribution is -0.154. The Kier molecular flexibility index (Phi) is 10.9. The van der Waals surface area contributed by atoms with Crippen molar-refractivity contribution in [2.75, 3.05) is 33.3 Å². The van der Waals surface area contributed by atoms with Gasteiger partial charge >= 0.3 is 6.18 Å². The summed E-state index contributed by atoms with van der Waals surface area (Å²) in [5.41, 5.74) is 0.767. The topological polar surface area (TPSA) is 61.8 Å². The van der Waals surface area contributed by atoms with Gasteiger partial charge in [0, 0.05) is 45.0 Å². The standard InChI is InChI=1S/C18H28F3N5O.HI/c1-3-8-26-9-5-15(6-10-26)25-17(22-2)24-12-14-4-7-23-16(11-14)27-13-18(19,20)21;/h4,7,11,15H,3,5-6,8-10,12-13H2,1-2H3,(H2,22,24,25);1H. The van der Waals surface area contributed by atoms with Crippen molar-refractivity contribution >= 4 is 29.9 Å². The Morgan fingerprint density at radius 3 is 2.68 bits per heavy atom. The number of aromatic nitrogens is 1. The second kappa shape index (κ2) is 12.3. The minimum absolute atomic E-state index is 0. The largest absolute Gasteiger partial charge is 0.468 e. The van der Waals surface area contributed by atoms with Gasteiger partial charge in [0.15, 0.2) is 12.6 Å². The molecule has 28 heavy (non-hydrogen) atoms. The minimum Gasteiger partial charge on any atom is -0.468 e. The number of ether oxygens (including phenoxy) is 1. The van der Waals surface area contributed by atoms with E-state index in [-0.39, 0.29) is 29.9 Å². The van der Waals surface area contributed by atoms with Gasteiger partial charge in [-0.15, -0.1) is 24.0 Å². The number of aliphatic imine (C=N–C) groups is 1. The van der Waals surface area contributed by atoms with Crippen LogP contribution >= 0.6 is 24.0 Å². The average Bonchev–Trinajstić information content (AvgIpc) is 2.65. The molecular formula is C18H29F3IN5O. The summed E-state index contributed by atoms with van der Waals surface area (Å²) in [5.74, 6) is 0.636. The zero-order valence-corrected chi connectivity index (χ0v) is 18.6. The highest BCUT2D eigenvalue weighted by molar-refractivity contribution is 14.0. The molecule has 0 unspecified atom stereocenters. The molecule has 2 rings (SSSR count). The SMILES string of the molecule is CCCN1CCC(NC(=NC)NCc2ccnc(OCC(F)(F)F)c2)CC1.I. The minimum atomic E-state index is -4.38. The number of pyridine rings is 1. The van der Waals surface area contributed by atoms with Crippen LogP contribution in [0.5, 0.6) is 5.88 Å². The van der Waals surface area contributed by atoms with Crippen molar-refractivity contribution in [2.24, 2.45) is 4.99 Å². The first kappa shape index (κ1) is 24.7. The molecule has 0 amide bonds. The number of rotatable bonds is 7. The summed E-state index contributed by atoms with van der Waals surface area (Å²) >= 11 is 0. The van der Waals surface area contributed by atoms with Gasteiger partial charge in [-0.2, -0.15) is 13.2 Å². The van der Waals surface area contributed by atoms with Crippen molar-refractivity contribution in [3.05, 3.63) is 23.9 Å². The molecule has 1 fully saturated rings. The second-order valence-electron chi connectivity index (χ2n) is 6.59.